The third kappa shape index (κ3) is 9.46. The number of nitrogens with two attached hydrogens (primary N) is 1. The van der Waals surface area contributed by atoms with Crippen LogP contribution in [0.3, 0.4) is 0 Å². The number of hydrogen-bond acceptors (Lipinski definition) is 7. The molecule has 5 atom stereocenters. The highest BCUT2D eigenvalue weighted by molar-refractivity contribution is 7.80. The summed E-state index contributed by atoms with van der Waals surface area (Å²) in [7, 11) is 0. The maximum absolute atomic E-state index is 14.8. The Hall–Kier alpha value is -7.30. The Labute approximate surface area is 366 Å². The van der Waals surface area contributed by atoms with Crippen LogP contribution in [0.1, 0.15) is 22.3 Å². The fourth-order valence-electron chi connectivity index (χ4n) is 8.09. The van der Waals surface area contributed by atoms with Crippen molar-refractivity contribution in [3.05, 3.63) is 144 Å². The second-order valence-electron chi connectivity index (χ2n) is 15.6. The molecule has 4 aromatic carbocycles. The Morgan fingerprint density at radius 3 is 1.03 bits per heavy atom. The first kappa shape index (κ1) is 42.4. The van der Waals surface area contributed by atoms with Gasteiger partial charge in [-0.3, -0.25) is 19.2 Å². The van der Waals surface area contributed by atoms with Gasteiger partial charge in [-0.05, 0) is 46.5 Å². The number of benzene rings is 4. The third-order valence-corrected chi connectivity index (χ3v) is 11.8. The Morgan fingerprint density at radius 2 is 0.730 bits per heavy atom. The average molecular weight is 866 g/mol. The van der Waals surface area contributed by atoms with Gasteiger partial charge in [-0.15, -0.1) is 0 Å². The predicted octanol–water partition coefficient (Wildman–Crippen LogP) is 4.16. The van der Waals surface area contributed by atoms with E-state index in [2.05, 4.69) is 53.8 Å². The molecule has 0 aliphatic carbocycles. The van der Waals surface area contributed by atoms with Crippen molar-refractivity contribution in [3.63, 3.8) is 0 Å². The summed E-state index contributed by atoms with van der Waals surface area (Å²) in [5.41, 5.74) is 12.2. The number of aromatic nitrogens is 4. The molecule has 8 aromatic rings. The SMILES string of the molecule is N[C@@H](CS)C(=O)N[C@@H](Cc1c[nH]c2ccccc12)C(=O)N[C@@H](Cc1c[nH]c2ccccc12)C(=O)N[C@@H](Cc1c[nH]c2ccccc12)C(=O)N[C@@H](Cc1c[nH]c2ccccc12)C(=O)O. The Bertz CT molecular complexity index is 2950. The van der Waals surface area contributed by atoms with Crippen LogP contribution in [0.2, 0.25) is 0 Å². The minimum Gasteiger partial charge on any atom is -0.480 e. The van der Waals surface area contributed by atoms with Crippen LogP contribution in [0, 0.1) is 0 Å². The second-order valence-corrected chi connectivity index (χ2v) is 16.0. The van der Waals surface area contributed by atoms with Crippen molar-refractivity contribution >= 4 is 85.8 Å². The smallest absolute Gasteiger partial charge is 0.326 e. The number of H-pyrrole nitrogens is 4. The van der Waals surface area contributed by atoms with E-state index in [1.54, 1.807) is 24.8 Å². The van der Waals surface area contributed by atoms with Crippen molar-refractivity contribution < 1.29 is 29.1 Å². The van der Waals surface area contributed by atoms with Crippen LogP contribution in [-0.2, 0) is 49.7 Å². The van der Waals surface area contributed by atoms with Crippen LogP contribution >= 0.6 is 12.6 Å². The number of fused-ring (bicyclic) bond motifs is 4. The van der Waals surface area contributed by atoms with Gasteiger partial charge in [-0.25, -0.2) is 4.79 Å². The summed E-state index contributed by atoms with van der Waals surface area (Å²) in [4.78, 5) is 82.4. The van der Waals surface area contributed by atoms with E-state index in [4.69, 9.17) is 5.73 Å². The normalized spacial score (nSPS) is 13.9. The van der Waals surface area contributed by atoms with E-state index in [0.717, 1.165) is 49.2 Å². The molecule has 63 heavy (non-hydrogen) atoms. The second kappa shape index (κ2) is 18.8. The van der Waals surface area contributed by atoms with Gasteiger partial charge in [0.1, 0.15) is 24.2 Å². The summed E-state index contributed by atoms with van der Waals surface area (Å²) in [6.07, 6.45) is 6.99. The number of rotatable bonds is 18. The molecule has 4 heterocycles. The summed E-state index contributed by atoms with van der Waals surface area (Å²) < 4.78 is 0. The van der Waals surface area contributed by atoms with E-state index >= 15 is 0 Å². The minimum atomic E-state index is -1.35. The van der Waals surface area contributed by atoms with Crippen LogP contribution in [0.4, 0.5) is 0 Å². The maximum atomic E-state index is 14.8. The molecule has 4 amide bonds. The molecule has 11 N–H and O–H groups in total. The van der Waals surface area contributed by atoms with Crippen LogP contribution in [0.25, 0.3) is 43.6 Å². The number of carboxylic acid groups (broad SMARTS) is 1. The van der Waals surface area contributed by atoms with Gasteiger partial charge in [0, 0.05) is 99.8 Å². The van der Waals surface area contributed by atoms with Crippen molar-refractivity contribution in [2.45, 2.75) is 55.9 Å². The van der Waals surface area contributed by atoms with Crippen molar-refractivity contribution in [3.8, 4) is 0 Å². The lowest BCUT2D eigenvalue weighted by Gasteiger charge is -2.26. The maximum Gasteiger partial charge on any atom is 0.326 e. The molecule has 0 aliphatic heterocycles. The van der Waals surface area contributed by atoms with Gasteiger partial charge in [-0.1, -0.05) is 72.8 Å². The molecule has 0 saturated heterocycles. The molecule has 15 nitrogen and oxygen atoms in total. The number of carbonyl (C=O) groups excluding carboxylic acids is 4. The molecular formula is C47H47N9O6S. The zero-order valence-corrected chi connectivity index (χ0v) is 34.9. The van der Waals surface area contributed by atoms with Crippen LogP contribution in [-0.4, -0.2) is 90.6 Å². The first-order valence-corrected chi connectivity index (χ1v) is 21.2. The van der Waals surface area contributed by atoms with E-state index in [1.165, 1.54) is 0 Å². The van der Waals surface area contributed by atoms with Gasteiger partial charge < -0.3 is 52.0 Å². The molecule has 0 fully saturated rings. The lowest BCUT2D eigenvalue weighted by molar-refractivity contribution is -0.142. The molecule has 4 aromatic heterocycles. The summed E-state index contributed by atoms with van der Waals surface area (Å²) in [6, 6.07) is 23.9. The molecule has 322 valence electrons. The molecule has 0 saturated carbocycles. The summed E-state index contributed by atoms with van der Waals surface area (Å²) in [5, 5.41) is 24.9. The highest BCUT2D eigenvalue weighted by Gasteiger charge is 2.33. The number of para-hydroxylation sites is 4. The van der Waals surface area contributed by atoms with E-state index in [1.807, 2.05) is 97.1 Å². The van der Waals surface area contributed by atoms with E-state index in [0.29, 0.717) is 16.7 Å². The van der Waals surface area contributed by atoms with Gasteiger partial charge in [0.2, 0.25) is 23.6 Å². The first-order chi connectivity index (χ1) is 30.6. The Kier molecular flexibility index (Phi) is 12.6. The predicted molar refractivity (Wildman–Crippen MR) is 245 cm³/mol. The minimum absolute atomic E-state index is 0.00870. The molecule has 8 rings (SSSR count). The zero-order chi connectivity index (χ0) is 44.0. The summed E-state index contributed by atoms with van der Waals surface area (Å²) in [5.74, 6) is -3.93. The fourth-order valence-corrected chi connectivity index (χ4v) is 8.25. The zero-order valence-electron chi connectivity index (χ0n) is 34.0. The van der Waals surface area contributed by atoms with Crippen molar-refractivity contribution in [1.29, 1.82) is 0 Å². The Balaban J connectivity index is 1.11. The van der Waals surface area contributed by atoms with E-state index in [9.17, 15) is 29.1 Å². The van der Waals surface area contributed by atoms with Gasteiger partial charge in [0.15, 0.2) is 0 Å². The molecule has 0 radical (unpaired) electrons. The number of aliphatic carboxylic acids is 1. The standard InChI is InChI=1S/C47H47N9O6S/c48-34(25-63)43(57)53-39(17-26-21-49-35-13-5-1-9-30(26)35)44(58)54-40(18-27-22-50-36-14-6-2-10-31(27)36)45(59)55-41(19-28-23-51-37-15-7-3-11-32(28)37)46(60)56-42(47(61)62)20-29-24-52-38-16-8-4-12-33(29)38/h1-16,21-24,34,39-42,49-52,63H,17-20,25,48H2,(H,53,57)(H,54,58)(H,55,59)(H,56,60)(H,61,62)/t34-,39-,40-,41-,42-/m0/s1. The quantitative estimate of drug-likeness (QED) is 0.0563. The number of hydrogen-bond donors (Lipinski definition) is 11. The lowest BCUT2D eigenvalue weighted by atomic mass is 9.99. The molecule has 0 aliphatic rings. The van der Waals surface area contributed by atoms with Crippen molar-refractivity contribution in [2.75, 3.05) is 5.75 Å². The molecule has 0 spiro atoms. The molecular weight excluding hydrogens is 819 g/mol. The van der Waals surface area contributed by atoms with Gasteiger partial charge in [0.05, 0.1) is 6.04 Å². The molecule has 0 unspecified atom stereocenters. The fraction of sp³-hybridized carbons (Fsp3) is 0.213. The number of aromatic amines is 4. The topological polar surface area (TPSA) is 243 Å². The molecule has 16 heteroatoms. The highest BCUT2D eigenvalue weighted by Crippen LogP contribution is 2.24. The lowest BCUT2D eigenvalue weighted by Crippen LogP contribution is -2.59. The first-order valence-electron chi connectivity index (χ1n) is 20.6. The highest BCUT2D eigenvalue weighted by atomic mass is 32.1. The average Bonchev–Trinajstić information content (AvgIpc) is 4.11. The largest absolute Gasteiger partial charge is 0.480 e. The summed E-state index contributed by atoms with van der Waals surface area (Å²) >= 11 is 4.18. The third-order valence-electron chi connectivity index (χ3n) is 11.4. The monoisotopic (exact) mass is 865 g/mol. The van der Waals surface area contributed by atoms with Crippen LogP contribution in [0.5, 0.6) is 0 Å². The van der Waals surface area contributed by atoms with E-state index < -0.39 is 59.8 Å². The Morgan fingerprint density at radius 1 is 0.460 bits per heavy atom. The molecule has 0 bridgehead atoms. The number of amides is 4. The van der Waals surface area contributed by atoms with Gasteiger partial charge in [0.25, 0.3) is 0 Å². The van der Waals surface area contributed by atoms with Crippen molar-refractivity contribution in [1.82, 2.24) is 41.2 Å². The number of nitrogens with one attached hydrogen (secondary N) is 8. The number of thiol groups is 1. The number of carboxylic acids is 1. The van der Waals surface area contributed by atoms with Gasteiger partial charge in [-0.2, -0.15) is 12.6 Å². The van der Waals surface area contributed by atoms with Crippen molar-refractivity contribution in [2.24, 2.45) is 5.73 Å². The summed E-state index contributed by atoms with van der Waals surface area (Å²) in [6.45, 7) is 0. The van der Waals surface area contributed by atoms with Crippen LogP contribution in [0.15, 0.2) is 122 Å². The van der Waals surface area contributed by atoms with Gasteiger partial charge >= 0.3 is 5.97 Å². The van der Waals surface area contributed by atoms with Crippen LogP contribution < -0.4 is 27.0 Å². The number of carbonyl (C=O) groups is 5. The van der Waals surface area contributed by atoms with E-state index in [-0.39, 0.29) is 31.4 Å².